The van der Waals surface area contributed by atoms with Crippen LogP contribution in [0, 0.1) is 0 Å². The molecule has 0 saturated carbocycles. The van der Waals surface area contributed by atoms with Crippen molar-refractivity contribution in [2.45, 2.75) is 18.9 Å². The van der Waals surface area contributed by atoms with Crippen molar-refractivity contribution in [3.05, 3.63) is 70.2 Å². The Bertz CT molecular complexity index is 491. The summed E-state index contributed by atoms with van der Waals surface area (Å²) in [5.41, 5.74) is 1.23. The molecule has 0 radical (unpaired) electrons. The first-order chi connectivity index (χ1) is 8.08. The van der Waals surface area contributed by atoms with Gasteiger partial charge in [-0.2, -0.15) is 0 Å². The molecule has 88 valence electrons. The zero-order chi connectivity index (χ0) is 12.3. The van der Waals surface area contributed by atoms with E-state index in [1.54, 1.807) is 0 Å². The quantitative estimate of drug-likeness (QED) is 0.909. The summed E-state index contributed by atoms with van der Waals surface area (Å²) in [5.74, 6) is 0. The molecule has 2 rings (SSSR count). The Morgan fingerprint density at radius 3 is 2.41 bits per heavy atom. The number of hydrogen-bond acceptors (Lipinski definition) is 1. The summed E-state index contributed by atoms with van der Waals surface area (Å²) >= 11 is 3.44. The second kappa shape index (κ2) is 5.03. The van der Waals surface area contributed by atoms with E-state index in [0.717, 1.165) is 15.6 Å². The molecule has 0 amide bonds. The molecule has 1 nitrogen and oxygen atoms in total. The number of rotatable bonds is 3. The molecule has 1 N–H and O–H groups in total. The molecular weight excluding hydrogens is 276 g/mol. The van der Waals surface area contributed by atoms with Gasteiger partial charge in [0.25, 0.3) is 0 Å². The van der Waals surface area contributed by atoms with Crippen molar-refractivity contribution in [3.63, 3.8) is 0 Å². The Morgan fingerprint density at radius 2 is 1.76 bits per heavy atom. The highest BCUT2D eigenvalue weighted by atomic mass is 79.9. The van der Waals surface area contributed by atoms with Gasteiger partial charge in [-0.05, 0) is 30.2 Å². The third-order valence-electron chi connectivity index (χ3n) is 2.83. The molecule has 2 aromatic rings. The molecule has 0 heterocycles. The van der Waals surface area contributed by atoms with E-state index < -0.39 is 5.60 Å². The highest BCUT2D eigenvalue weighted by Gasteiger charge is 2.23. The molecule has 1 unspecified atom stereocenters. The second-order valence-corrected chi connectivity index (χ2v) is 5.36. The Kier molecular flexibility index (Phi) is 3.65. The number of halogens is 1. The summed E-state index contributed by atoms with van der Waals surface area (Å²) in [5, 5.41) is 10.5. The van der Waals surface area contributed by atoms with E-state index in [0.29, 0.717) is 6.42 Å². The van der Waals surface area contributed by atoms with Crippen molar-refractivity contribution in [3.8, 4) is 0 Å². The fourth-order valence-corrected chi connectivity index (χ4v) is 2.39. The SMILES string of the molecule is CC(O)(Cc1cccc(Br)c1)c1ccccc1. The first-order valence-corrected chi connectivity index (χ1v) is 6.39. The van der Waals surface area contributed by atoms with Gasteiger partial charge in [-0.3, -0.25) is 0 Å². The zero-order valence-corrected chi connectivity index (χ0v) is 11.3. The largest absolute Gasteiger partial charge is 0.385 e. The molecule has 0 aliphatic carbocycles. The van der Waals surface area contributed by atoms with Gasteiger partial charge in [0.15, 0.2) is 0 Å². The van der Waals surface area contributed by atoms with E-state index >= 15 is 0 Å². The Balaban J connectivity index is 2.23. The van der Waals surface area contributed by atoms with Crippen molar-refractivity contribution in [2.24, 2.45) is 0 Å². The topological polar surface area (TPSA) is 20.2 Å². The Labute approximate surface area is 110 Å². The van der Waals surface area contributed by atoms with Crippen LogP contribution in [0.1, 0.15) is 18.1 Å². The second-order valence-electron chi connectivity index (χ2n) is 4.45. The average Bonchev–Trinajstić information content (AvgIpc) is 2.29. The fourth-order valence-electron chi connectivity index (χ4n) is 1.94. The lowest BCUT2D eigenvalue weighted by Crippen LogP contribution is -2.24. The minimum absolute atomic E-state index is 0.608. The van der Waals surface area contributed by atoms with Gasteiger partial charge in [0.05, 0.1) is 5.60 Å². The van der Waals surface area contributed by atoms with Gasteiger partial charge in [0.2, 0.25) is 0 Å². The maximum Gasteiger partial charge on any atom is 0.0908 e. The number of hydrogen-bond donors (Lipinski definition) is 1. The van der Waals surface area contributed by atoms with Gasteiger partial charge in [-0.25, -0.2) is 0 Å². The van der Waals surface area contributed by atoms with Crippen LogP contribution in [0.5, 0.6) is 0 Å². The summed E-state index contributed by atoms with van der Waals surface area (Å²) in [6, 6.07) is 17.8. The van der Waals surface area contributed by atoms with E-state index in [4.69, 9.17) is 0 Å². The third-order valence-corrected chi connectivity index (χ3v) is 3.33. The molecule has 2 aromatic carbocycles. The average molecular weight is 291 g/mol. The maximum absolute atomic E-state index is 10.5. The lowest BCUT2D eigenvalue weighted by Gasteiger charge is -2.24. The molecule has 0 aliphatic rings. The summed E-state index contributed by atoms with van der Waals surface area (Å²) in [7, 11) is 0. The van der Waals surface area contributed by atoms with Crippen LogP contribution in [-0.4, -0.2) is 5.11 Å². The van der Waals surface area contributed by atoms with Crippen molar-refractivity contribution < 1.29 is 5.11 Å². The molecule has 17 heavy (non-hydrogen) atoms. The third kappa shape index (κ3) is 3.18. The lowest BCUT2D eigenvalue weighted by molar-refractivity contribution is 0.0576. The van der Waals surface area contributed by atoms with E-state index in [9.17, 15) is 5.11 Å². The highest BCUT2D eigenvalue weighted by molar-refractivity contribution is 9.10. The van der Waals surface area contributed by atoms with Crippen LogP contribution < -0.4 is 0 Å². The molecule has 1 atom stereocenters. The molecular formula is C15H15BrO. The van der Waals surface area contributed by atoms with Gasteiger partial charge in [0.1, 0.15) is 0 Å². The van der Waals surface area contributed by atoms with E-state index in [2.05, 4.69) is 15.9 Å². The minimum Gasteiger partial charge on any atom is -0.385 e. The molecule has 0 spiro atoms. The zero-order valence-electron chi connectivity index (χ0n) is 9.73. The fraction of sp³-hybridized carbons (Fsp3) is 0.200. The van der Waals surface area contributed by atoms with Gasteiger partial charge >= 0.3 is 0 Å². The molecule has 0 saturated heterocycles. The van der Waals surface area contributed by atoms with Crippen molar-refractivity contribution in [1.29, 1.82) is 0 Å². The summed E-state index contributed by atoms with van der Waals surface area (Å²) in [4.78, 5) is 0. The summed E-state index contributed by atoms with van der Waals surface area (Å²) < 4.78 is 1.04. The van der Waals surface area contributed by atoms with Gasteiger partial charge < -0.3 is 5.11 Å². The number of benzene rings is 2. The highest BCUT2D eigenvalue weighted by Crippen LogP contribution is 2.26. The van der Waals surface area contributed by atoms with Crippen molar-refractivity contribution in [2.75, 3.05) is 0 Å². The monoisotopic (exact) mass is 290 g/mol. The van der Waals surface area contributed by atoms with Gasteiger partial charge in [-0.15, -0.1) is 0 Å². The molecule has 2 heteroatoms. The van der Waals surface area contributed by atoms with E-state index in [1.165, 1.54) is 0 Å². The molecule has 0 fully saturated rings. The number of aliphatic hydroxyl groups is 1. The first kappa shape index (κ1) is 12.3. The van der Waals surface area contributed by atoms with Gasteiger partial charge in [-0.1, -0.05) is 58.4 Å². The van der Waals surface area contributed by atoms with Crippen LogP contribution in [0.4, 0.5) is 0 Å². The van der Waals surface area contributed by atoms with Gasteiger partial charge in [0, 0.05) is 10.9 Å². The smallest absolute Gasteiger partial charge is 0.0908 e. The predicted molar refractivity (Wildman–Crippen MR) is 73.9 cm³/mol. The molecule has 0 aromatic heterocycles. The van der Waals surface area contributed by atoms with Crippen molar-refractivity contribution >= 4 is 15.9 Å². The van der Waals surface area contributed by atoms with Crippen LogP contribution in [-0.2, 0) is 12.0 Å². The van der Waals surface area contributed by atoms with E-state index in [1.807, 2.05) is 61.5 Å². The standard InChI is InChI=1S/C15H15BrO/c1-15(17,13-7-3-2-4-8-13)11-12-6-5-9-14(16)10-12/h2-10,17H,11H2,1H3. The lowest BCUT2D eigenvalue weighted by atomic mass is 9.89. The predicted octanol–water partition coefficient (Wildman–Crippen LogP) is 3.90. The molecule has 0 bridgehead atoms. The van der Waals surface area contributed by atoms with Crippen LogP contribution in [0.2, 0.25) is 0 Å². The summed E-state index contributed by atoms with van der Waals surface area (Å²) in [6.45, 7) is 1.85. The minimum atomic E-state index is -0.831. The van der Waals surface area contributed by atoms with Crippen LogP contribution in [0.15, 0.2) is 59.1 Å². The molecule has 0 aliphatic heterocycles. The Hall–Kier alpha value is -1.12. The van der Waals surface area contributed by atoms with Crippen LogP contribution >= 0.6 is 15.9 Å². The van der Waals surface area contributed by atoms with E-state index in [-0.39, 0.29) is 0 Å². The Morgan fingerprint density at radius 1 is 1.06 bits per heavy atom. The first-order valence-electron chi connectivity index (χ1n) is 5.60. The van der Waals surface area contributed by atoms with Crippen LogP contribution in [0.3, 0.4) is 0 Å². The summed E-state index contributed by atoms with van der Waals surface area (Å²) in [6.07, 6.45) is 0.608. The maximum atomic E-state index is 10.5. The normalized spacial score (nSPS) is 14.3. The van der Waals surface area contributed by atoms with Crippen molar-refractivity contribution in [1.82, 2.24) is 0 Å². The van der Waals surface area contributed by atoms with Crippen LogP contribution in [0.25, 0.3) is 0 Å².